The highest BCUT2D eigenvalue weighted by Gasteiger charge is 2.25. The van der Waals surface area contributed by atoms with Gasteiger partial charge in [0.25, 0.3) is 5.91 Å². The van der Waals surface area contributed by atoms with E-state index in [0.29, 0.717) is 29.6 Å². The van der Waals surface area contributed by atoms with E-state index in [-0.39, 0.29) is 5.91 Å². The lowest BCUT2D eigenvalue weighted by Gasteiger charge is -2.17. The molecular formula is C19H24N3O2S+. The molecule has 0 spiro atoms. The topological polar surface area (TPSA) is 70.5 Å². The van der Waals surface area contributed by atoms with Gasteiger partial charge in [-0.25, -0.2) is 0 Å². The van der Waals surface area contributed by atoms with Crippen LogP contribution in [-0.4, -0.2) is 19.5 Å². The number of hydrogen-bond donors (Lipinski definition) is 2. The van der Waals surface area contributed by atoms with E-state index < -0.39 is 0 Å². The first kappa shape index (κ1) is 17.7. The molecule has 1 unspecified atom stereocenters. The summed E-state index contributed by atoms with van der Waals surface area (Å²) in [4.78, 5) is 14.7. The number of aryl methyl sites for hydroxylation is 1. The fraction of sp³-hybridized carbons (Fsp3) is 0.474. The largest absolute Gasteiger partial charge is 0.460 e. The number of amides is 1. The third kappa shape index (κ3) is 4.12. The van der Waals surface area contributed by atoms with Gasteiger partial charge in [-0.05, 0) is 49.8 Å². The summed E-state index contributed by atoms with van der Waals surface area (Å²) in [5.41, 5.74) is 1.81. The molecule has 0 saturated heterocycles. The monoisotopic (exact) mass is 358 g/mol. The molecule has 2 N–H and O–H groups in total. The minimum Gasteiger partial charge on any atom is -0.460 e. The van der Waals surface area contributed by atoms with Crippen LogP contribution >= 0.6 is 11.3 Å². The predicted molar refractivity (Wildman–Crippen MR) is 97.8 cm³/mol. The first-order chi connectivity index (χ1) is 12.0. The lowest BCUT2D eigenvalue weighted by molar-refractivity contribution is -0.886. The first-order valence-electron chi connectivity index (χ1n) is 8.67. The van der Waals surface area contributed by atoms with Crippen LogP contribution in [0.3, 0.4) is 0 Å². The third-order valence-electron chi connectivity index (χ3n) is 4.61. The zero-order chi connectivity index (χ0) is 18.0. The van der Waals surface area contributed by atoms with Crippen LogP contribution in [-0.2, 0) is 24.2 Å². The number of thiophene rings is 1. The standard InChI is InChI=1S/C19H23N3O2S/c1-12-4-7-15-16(9-20)19(25-17(15)8-12)21-18(23)11-22(3)10-14-6-5-13(2)24-14/h5-6,12H,4,7-8,10-11H2,1-3H3,(H,21,23)/p+1/t12-/m0/s1. The summed E-state index contributed by atoms with van der Waals surface area (Å²) in [6.07, 6.45) is 3.06. The highest BCUT2D eigenvalue weighted by atomic mass is 32.1. The van der Waals surface area contributed by atoms with Gasteiger partial charge in [-0.1, -0.05) is 6.92 Å². The highest BCUT2D eigenvalue weighted by molar-refractivity contribution is 7.16. The summed E-state index contributed by atoms with van der Waals surface area (Å²) in [5, 5.41) is 13.2. The van der Waals surface area contributed by atoms with Crippen molar-refractivity contribution in [3.63, 3.8) is 0 Å². The summed E-state index contributed by atoms with van der Waals surface area (Å²) in [6.45, 7) is 5.14. The van der Waals surface area contributed by atoms with Crippen molar-refractivity contribution in [3.8, 4) is 6.07 Å². The molecule has 0 bridgehead atoms. The van der Waals surface area contributed by atoms with E-state index in [2.05, 4.69) is 18.3 Å². The minimum atomic E-state index is -0.0658. The van der Waals surface area contributed by atoms with E-state index in [9.17, 15) is 10.1 Å². The van der Waals surface area contributed by atoms with Crippen molar-refractivity contribution in [2.45, 2.75) is 39.7 Å². The lowest BCUT2D eigenvalue weighted by atomic mass is 9.89. The van der Waals surface area contributed by atoms with Gasteiger partial charge in [-0.15, -0.1) is 11.3 Å². The van der Waals surface area contributed by atoms with Crippen LogP contribution < -0.4 is 10.2 Å². The van der Waals surface area contributed by atoms with Crippen molar-refractivity contribution < 1.29 is 14.1 Å². The summed E-state index contributed by atoms with van der Waals surface area (Å²) in [6, 6.07) is 6.17. The van der Waals surface area contributed by atoms with E-state index in [1.54, 1.807) is 11.3 Å². The molecule has 0 saturated carbocycles. The van der Waals surface area contributed by atoms with Crippen molar-refractivity contribution >= 4 is 22.2 Å². The molecule has 1 amide bonds. The quantitative estimate of drug-likeness (QED) is 0.862. The molecule has 1 aliphatic carbocycles. The Hall–Kier alpha value is -2.10. The number of anilines is 1. The van der Waals surface area contributed by atoms with Gasteiger partial charge in [0, 0.05) is 4.88 Å². The molecule has 2 aromatic heterocycles. The molecule has 132 valence electrons. The molecule has 5 nitrogen and oxygen atoms in total. The van der Waals surface area contributed by atoms with Crippen LogP contribution in [0.5, 0.6) is 0 Å². The first-order valence-corrected chi connectivity index (χ1v) is 9.49. The van der Waals surface area contributed by atoms with Gasteiger partial charge in [0.2, 0.25) is 0 Å². The Morgan fingerprint density at radius 3 is 3.00 bits per heavy atom. The number of nitrogens with zero attached hydrogens (tertiary/aromatic N) is 1. The fourth-order valence-corrected chi connectivity index (χ4v) is 4.72. The Labute approximate surface area is 152 Å². The number of carbonyl (C=O) groups is 1. The summed E-state index contributed by atoms with van der Waals surface area (Å²) < 4.78 is 5.56. The van der Waals surface area contributed by atoms with Crippen LogP contribution in [0.2, 0.25) is 0 Å². The van der Waals surface area contributed by atoms with Crippen molar-refractivity contribution in [2.24, 2.45) is 5.92 Å². The second kappa shape index (κ2) is 7.42. The summed E-state index contributed by atoms with van der Waals surface area (Å²) >= 11 is 1.57. The second-order valence-corrected chi connectivity index (χ2v) is 8.14. The Balaban J connectivity index is 1.64. The number of fused-ring (bicyclic) bond motifs is 1. The van der Waals surface area contributed by atoms with Gasteiger partial charge in [-0.2, -0.15) is 5.26 Å². The van der Waals surface area contributed by atoms with Crippen LogP contribution in [0.1, 0.15) is 40.9 Å². The van der Waals surface area contributed by atoms with Gasteiger partial charge in [0.1, 0.15) is 23.4 Å². The third-order valence-corrected chi connectivity index (χ3v) is 5.78. The van der Waals surface area contributed by atoms with Gasteiger partial charge in [-0.3, -0.25) is 4.79 Å². The Morgan fingerprint density at radius 1 is 1.52 bits per heavy atom. The Kier molecular flexibility index (Phi) is 5.26. The van der Waals surface area contributed by atoms with Crippen LogP contribution in [0, 0.1) is 24.2 Å². The summed E-state index contributed by atoms with van der Waals surface area (Å²) in [7, 11) is 1.96. The molecule has 25 heavy (non-hydrogen) atoms. The SMILES string of the molecule is Cc1ccc(C[NH+](C)CC(=O)Nc2sc3c(c2C#N)CC[C@H](C)C3)o1. The van der Waals surface area contributed by atoms with Crippen LogP contribution in [0.15, 0.2) is 16.5 Å². The molecule has 0 aromatic carbocycles. The number of nitriles is 1. The maximum Gasteiger partial charge on any atom is 0.280 e. The molecule has 0 aliphatic heterocycles. The smallest absolute Gasteiger partial charge is 0.280 e. The number of nitrogens with one attached hydrogen (secondary N) is 2. The average molecular weight is 358 g/mol. The highest BCUT2D eigenvalue weighted by Crippen LogP contribution is 2.39. The van der Waals surface area contributed by atoms with Gasteiger partial charge < -0.3 is 14.6 Å². The van der Waals surface area contributed by atoms with Gasteiger partial charge in [0.15, 0.2) is 12.3 Å². The molecule has 1 aliphatic rings. The van der Waals surface area contributed by atoms with Gasteiger partial charge >= 0.3 is 0 Å². The summed E-state index contributed by atoms with van der Waals surface area (Å²) in [5.74, 6) is 2.34. The van der Waals surface area contributed by atoms with Crippen molar-refractivity contribution in [3.05, 3.63) is 39.7 Å². The fourth-order valence-electron chi connectivity index (χ4n) is 3.34. The zero-order valence-electron chi connectivity index (χ0n) is 14.9. The normalized spacial score (nSPS) is 17.6. The van der Waals surface area contributed by atoms with Gasteiger partial charge in [0.05, 0.1) is 12.6 Å². The maximum atomic E-state index is 12.4. The maximum absolute atomic E-state index is 12.4. The van der Waals surface area contributed by atoms with E-state index >= 15 is 0 Å². The zero-order valence-corrected chi connectivity index (χ0v) is 15.8. The number of rotatable bonds is 5. The minimum absolute atomic E-state index is 0.0658. The molecule has 0 radical (unpaired) electrons. The molecule has 6 heteroatoms. The number of carbonyl (C=O) groups excluding carboxylic acids is 1. The molecular weight excluding hydrogens is 334 g/mol. The number of likely N-dealkylation sites (N-methyl/N-ethyl adjacent to an activating group) is 1. The van der Waals surface area contributed by atoms with Crippen molar-refractivity contribution in [2.75, 3.05) is 18.9 Å². The van der Waals surface area contributed by atoms with Crippen molar-refractivity contribution in [1.29, 1.82) is 5.26 Å². The number of hydrogen-bond acceptors (Lipinski definition) is 4. The predicted octanol–water partition coefficient (Wildman–Crippen LogP) is 2.30. The van der Waals surface area contributed by atoms with E-state index in [1.807, 2.05) is 26.1 Å². The molecule has 2 heterocycles. The van der Waals surface area contributed by atoms with E-state index in [0.717, 1.165) is 41.2 Å². The molecule has 0 fully saturated rings. The van der Waals surface area contributed by atoms with E-state index in [1.165, 1.54) is 4.88 Å². The lowest BCUT2D eigenvalue weighted by Crippen LogP contribution is -3.08. The van der Waals surface area contributed by atoms with Crippen molar-refractivity contribution in [1.82, 2.24) is 0 Å². The average Bonchev–Trinajstić information content (AvgIpc) is 3.09. The second-order valence-electron chi connectivity index (χ2n) is 7.04. The number of furan rings is 1. The number of quaternary nitrogens is 1. The molecule has 2 aromatic rings. The van der Waals surface area contributed by atoms with Crippen LogP contribution in [0.25, 0.3) is 0 Å². The Morgan fingerprint density at radius 2 is 2.32 bits per heavy atom. The molecule has 2 atom stereocenters. The van der Waals surface area contributed by atoms with E-state index in [4.69, 9.17) is 4.42 Å². The van der Waals surface area contributed by atoms with Crippen LogP contribution in [0.4, 0.5) is 5.00 Å². The molecule has 3 rings (SSSR count). The Bertz CT molecular complexity index is 815.